The normalized spacial score (nSPS) is 22.2. The summed E-state index contributed by atoms with van der Waals surface area (Å²) in [5, 5.41) is 7.15. The van der Waals surface area contributed by atoms with Crippen molar-refractivity contribution < 1.29 is 19.1 Å². The Labute approximate surface area is 149 Å². The largest absolute Gasteiger partial charge is 0.464 e. The summed E-state index contributed by atoms with van der Waals surface area (Å²) in [6, 6.07) is 3.74. The molecule has 1 unspecified atom stereocenters. The maximum absolute atomic E-state index is 13.2. The fraction of sp³-hybridized carbons (Fsp3) is 0.412. The van der Waals surface area contributed by atoms with E-state index in [1.807, 2.05) is 32.9 Å². The Hall–Kier alpha value is -3.10. The summed E-state index contributed by atoms with van der Waals surface area (Å²) < 4.78 is 4.60. The quantitative estimate of drug-likeness (QED) is 0.460. The van der Waals surface area contributed by atoms with Gasteiger partial charge in [0.1, 0.15) is 0 Å². The van der Waals surface area contributed by atoms with Crippen LogP contribution >= 0.6 is 0 Å². The number of imide groups is 1. The van der Waals surface area contributed by atoms with Crippen LogP contribution in [0.1, 0.15) is 29.5 Å². The number of rotatable bonds is 3. The van der Waals surface area contributed by atoms with Crippen LogP contribution in [0.4, 0.5) is 5.69 Å². The molecule has 1 fully saturated rings. The van der Waals surface area contributed by atoms with Crippen LogP contribution < -0.4 is 4.90 Å². The first kappa shape index (κ1) is 17.7. The van der Waals surface area contributed by atoms with E-state index >= 15 is 0 Å². The maximum Gasteiger partial charge on any atom is 0.354 e. The number of benzene rings is 1. The lowest BCUT2D eigenvalue weighted by molar-refractivity contribution is -0.132. The van der Waals surface area contributed by atoms with Gasteiger partial charge in [-0.1, -0.05) is 17.7 Å². The molecule has 0 radical (unpaired) electrons. The number of hydrogen-bond donors (Lipinski definition) is 0. The molecular formula is C17H18N4O5. The predicted octanol–water partition coefficient (Wildman–Crippen LogP) is 1.53. The van der Waals surface area contributed by atoms with Gasteiger partial charge in [0.2, 0.25) is 5.91 Å². The van der Waals surface area contributed by atoms with Gasteiger partial charge in [0.25, 0.3) is 5.91 Å². The molecule has 9 nitrogen and oxygen atoms in total. The highest BCUT2D eigenvalue weighted by atomic mass is 16.5. The van der Waals surface area contributed by atoms with Gasteiger partial charge >= 0.3 is 5.97 Å². The van der Waals surface area contributed by atoms with E-state index in [0.717, 1.165) is 21.6 Å². The minimum Gasteiger partial charge on any atom is -0.464 e. The van der Waals surface area contributed by atoms with Gasteiger partial charge in [-0.05, 0) is 31.9 Å². The molecule has 26 heavy (non-hydrogen) atoms. The molecule has 1 aromatic carbocycles. The Morgan fingerprint density at radius 1 is 1.19 bits per heavy atom. The summed E-state index contributed by atoms with van der Waals surface area (Å²) in [6.07, 6.45) is -0.509. The standard InChI is InChI=1S/C17H18N4O5/c1-9-5-10(2)14(11(3)6-9)20-13(22)8-17(16(20)24)7-12(15(23)26-4)18-21(17)19-25/h5-6H,7-8H2,1-4H3. The van der Waals surface area contributed by atoms with E-state index in [1.165, 1.54) is 7.11 Å². The van der Waals surface area contributed by atoms with Crippen molar-refractivity contribution in [1.29, 1.82) is 0 Å². The van der Waals surface area contributed by atoms with Gasteiger partial charge in [-0.2, -0.15) is 0 Å². The van der Waals surface area contributed by atoms with Crippen molar-refractivity contribution >= 4 is 29.2 Å². The third-order valence-corrected chi connectivity index (χ3v) is 4.71. The van der Waals surface area contributed by atoms with Gasteiger partial charge in [0, 0.05) is 6.42 Å². The number of nitroso groups, excluding NO2 is 1. The van der Waals surface area contributed by atoms with E-state index in [2.05, 4.69) is 15.1 Å². The van der Waals surface area contributed by atoms with Gasteiger partial charge in [-0.25, -0.2) is 9.69 Å². The van der Waals surface area contributed by atoms with Crippen molar-refractivity contribution in [3.05, 3.63) is 33.7 Å². The molecule has 1 aromatic rings. The number of esters is 1. The number of aryl methyl sites for hydroxylation is 3. The molecule has 0 saturated carbocycles. The van der Waals surface area contributed by atoms with Crippen LogP contribution in [-0.2, 0) is 19.1 Å². The van der Waals surface area contributed by atoms with E-state index in [1.54, 1.807) is 0 Å². The SMILES string of the molecule is COC(=O)C1=NN(N=O)C2(CC(=O)N(c3c(C)cc(C)cc3C)C2=O)C1. The van der Waals surface area contributed by atoms with Crippen molar-refractivity contribution in [1.82, 2.24) is 5.12 Å². The fourth-order valence-corrected chi connectivity index (χ4v) is 3.69. The topological polar surface area (TPSA) is 109 Å². The average Bonchev–Trinajstić information content (AvgIpc) is 3.06. The zero-order valence-corrected chi connectivity index (χ0v) is 14.9. The predicted molar refractivity (Wildman–Crippen MR) is 92.2 cm³/mol. The Bertz CT molecular complexity index is 855. The lowest BCUT2D eigenvalue weighted by Crippen LogP contribution is -2.48. The molecule has 0 bridgehead atoms. The van der Waals surface area contributed by atoms with Crippen LogP contribution in [0.15, 0.2) is 22.5 Å². The van der Waals surface area contributed by atoms with Crippen LogP contribution in [0.3, 0.4) is 0 Å². The molecule has 2 aliphatic heterocycles. The second-order valence-electron chi connectivity index (χ2n) is 6.58. The molecule has 2 aliphatic rings. The Morgan fingerprint density at radius 3 is 2.35 bits per heavy atom. The highest BCUT2D eigenvalue weighted by Crippen LogP contribution is 2.42. The fourth-order valence-electron chi connectivity index (χ4n) is 3.69. The van der Waals surface area contributed by atoms with Gasteiger partial charge in [0.15, 0.2) is 11.3 Å². The van der Waals surface area contributed by atoms with Crippen molar-refractivity contribution in [2.24, 2.45) is 10.4 Å². The Balaban J connectivity index is 2.05. The van der Waals surface area contributed by atoms with Gasteiger partial charge in [-0.15, -0.1) is 15.1 Å². The number of hydrazone groups is 1. The number of carbonyl (C=O) groups is 3. The van der Waals surface area contributed by atoms with Crippen LogP contribution in [0, 0.1) is 25.7 Å². The molecule has 2 heterocycles. The van der Waals surface area contributed by atoms with Crippen molar-refractivity contribution in [3.8, 4) is 0 Å². The third kappa shape index (κ3) is 2.39. The zero-order valence-electron chi connectivity index (χ0n) is 14.9. The average molecular weight is 358 g/mol. The number of anilines is 1. The number of nitrogens with zero attached hydrogens (tertiary/aromatic N) is 4. The van der Waals surface area contributed by atoms with Gasteiger partial charge in [-0.3, -0.25) is 9.59 Å². The number of hydrogen-bond acceptors (Lipinski definition) is 7. The van der Waals surface area contributed by atoms with Gasteiger partial charge < -0.3 is 4.74 Å². The van der Waals surface area contributed by atoms with Crippen molar-refractivity contribution in [2.45, 2.75) is 39.2 Å². The minimum atomic E-state index is -1.62. The molecule has 0 aliphatic carbocycles. The minimum absolute atomic E-state index is 0.118. The van der Waals surface area contributed by atoms with Crippen LogP contribution in [0.2, 0.25) is 0 Å². The van der Waals surface area contributed by atoms with E-state index in [4.69, 9.17) is 0 Å². The summed E-state index contributed by atoms with van der Waals surface area (Å²) in [4.78, 5) is 50.0. The Morgan fingerprint density at radius 2 is 1.81 bits per heavy atom. The summed E-state index contributed by atoms with van der Waals surface area (Å²) in [5.41, 5.74) is 1.28. The van der Waals surface area contributed by atoms with Crippen LogP contribution in [0.5, 0.6) is 0 Å². The molecule has 9 heteroatoms. The van der Waals surface area contributed by atoms with Crippen molar-refractivity contribution in [2.75, 3.05) is 12.0 Å². The third-order valence-electron chi connectivity index (χ3n) is 4.71. The smallest absolute Gasteiger partial charge is 0.354 e. The second-order valence-corrected chi connectivity index (χ2v) is 6.58. The molecule has 0 aromatic heterocycles. The lowest BCUT2D eigenvalue weighted by atomic mass is 9.92. The maximum atomic E-state index is 13.2. The summed E-state index contributed by atoms with van der Waals surface area (Å²) >= 11 is 0. The molecular weight excluding hydrogens is 340 g/mol. The van der Waals surface area contributed by atoms with Crippen LogP contribution in [0.25, 0.3) is 0 Å². The summed E-state index contributed by atoms with van der Waals surface area (Å²) in [5.74, 6) is -1.86. The number of amides is 2. The molecule has 1 spiro atoms. The van der Waals surface area contributed by atoms with E-state index < -0.39 is 23.3 Å². The molecule has 0 N–H and O–H groups in total. The lowest BCUT2D eigenvalue weighted by Gasteiger charge is -2.26. The molecule has 2 amide bonds. The summed E-state index contributed by atoms with van der Waals surface area (Å²) in [6.45, 7) is 5.54. The van der Waals surface area contributed by atoms with Crippen molar-refractivity contribution in [3.63, 3.8) is 0 Å². The number of ether oxygens (including phenoxy) is 1. The Kier molecular flexibility index (Phi) is 4.09. The zero-order chi connectivity index (χ0) is 19.2. The van der Waals surface area contributed by atoms with E-state index in [9.17, 15) is 19.3 Å². The second kappa shape index (κ2) is 6.01. The van der Waals surface area contributed by atoms with Crippen LogP contribution in [-0.4, -0.2) is 41.3 Å². The highest BCUT2D eigenvalue weighted by Gasteiger charge is 2.61. The summed E-state index contributed by atoms with van der Waals surface area (Å²) in [7, 11) is 1.17. The van der Waals surface area contributed by atoms with E-state index in [-0.39, 0.29) is 18.6 Å². The molecule has 136 valence electrons. The molecule has 3 rings (SSSR count). The first-order valence-corrected chi connectivity index (χ1v) is 7.99. The first-order valence-electron chi connectivity index (χ1n) is 7.99. The molecule has 1 atom stereocenters. The monoisotopic (exact) mass is 358 g/mol. The first-order chi connectivity index (χ1) is 12.2. The number of methoxy groups -OCH3 is 1. The number of carbonyl (C=O) groups excluding carboxylic acids is 3. The highest BCUT2D eigenvalue weighted by molar-refractivity contribution is 6.39. The molecule has 1 saturated heterocycles. The van der Waals surface area contributed by atoms with Gasteiger partial charge in [0.05, 0.1) is 24.5 Å². The van der Waals surface area contributed by atoms with E-state index in [0.29, 0.717) is 10.8 Å².